The van der Waals surface area contributed by atoms with Crippen LogP contribution in [0.5, 0.6) is 0 Å². The van der Waals surface area contributed by atoms with Crippen molar-refractivity contribution in [3.05, 3.63) is 63.5 Å². The molecule has 4 rings (SSSR count). The maximum atomic E-state index is 11.8. The van der Waals surface area contributed by atoms with Gasteiger partial charge in [0, 0.05) is 15.8 Å². The molecule has 1 aromatic carbocycles. The van der Waals surface area contributed by atoms with E-state index in [1.807, 2.05) is 35.7 Å². The van der Waals surface area contributed by atoms with Crippen molar-refractivity contribution < 1.29 is 9.90 Å². The average Bonchev–Trinajstić information content (AvgIpc) is 3.06. The van der Waals surface area contributed by atoms with Crippen molar-refractivity contribution in [1.29, 1.82) is 0 Å². The lowest BCUT2D eigenvalue weighted by Gasteiger charge is -2.23. The molecule has 0 fully saturated rings. The lowest BCUT2D eigenvalue weighted by molar-refractivity contribution is -0.254. The molecule has 0 saturated carbocycles. The summed E-state index contributed by atoms with van der Waals surface area (Å²) in [6.45, 7) is 0. The lowest BCUT2D eigenvalue weighted by atomic mass is 9.86. The quantitative estimate of drug-likeness (QED) is 0.726. The Morgan fingerprint density at radius 1 is 1.17 bits per heavy atom. The van der Waals surface area contributed by atoms with Gasteiger partial charge in [-0.25, -0.2) is 4.98 Å². The second kappa shape index (κ2) is 5.63. The Hall–Kier alpha value is -2.46. The van der Waals surface area contributed by atoms with Gasteiger partial charge in [0.05, 0.1) is 17.2 Å². The Morgan fingerprint density at radius 2 is 2.04 bits per heavy atom. The first-order chi connectivity index (χ1) is 11.2. The number of hydrogen-bond donors (Lipinski definition) is 0. The Labute approximate surface area is 137 Å². The molecule has 1 aliphatic rings. The largest absolute Gasteiger partial charge is 0.545 e. The number of aromatic nitrogens is 1. The van der Waals surface area contributed by atoms with Crippen LogP contribution >= 0.6 is 11.3 Å². The number of carbonyl (C=O) groups excluding carboxylic acids is 1. The van der Waals surface area contributed by atoms with Gasteiger partial charge in [0.15, 0.2) is 0 Å². The molecule has 114 valence electrons. The van der Waals surface area contributed by atoms with Gasteiger partial charge in [-0.05, 0) is 54.0 Å². The second-order valence-electron chi connectivity index (χ2n) is 5.66. The van der Waals surface area contributed by atoms with E-state index in [-0.39, 0.29) is 0 Å². The van der Waals surface area contributed by atoms with Crippen LogP contribution in [-0.4, -0.2) is 11.0 Å². The van der Waals surface area contributed by atoms with E-state index < -0.39 is 5.97 Å². The molecular formula is C19H14NO2S-. The summed E-state index contributed by atoms with van der Waals surface area (Å²) in [5.41, 5.74) is 3.77. The van der Waals surface area contributed by atoms with Gasteiger partial charge in [0.2, 0.25) is 0 Å². The van der Waals surface area contributed by atoms with Crippen LogP contribution in [0.2, 0.25) is 0 Å². The van der Waals surface area contributed by atoms with Gasteiger partial charge in [-0.3, -0.25) is 0 Å². The normalized spacial score (nSPS) is 15.7. The fourth-order valence-electron chi connectivity index (χ4n) is 3.25. The van der Waals surface area contributed by atoms with E-state index in [2.05, 4.69) is 12.1 Å². The summed E-state index contributed by atoms with van der Waals surface area (Å²) in [4.78, 5) is 17.7. The maximum absolute atomic E-state index is 11.8. The van der Waals surface area contributed by atoms with Gasteiger partial charge in [-0.1, -0.05) is 24.3 Å². The van der Waals surface area contributed by atoms with Crippen molar-refractivity contribution in [2.45, 2.75) is 19.3 Å². The minimum absolute atomic E-state index is 0.308. The number of carboxylic acid groups (broad SMARTS) is 1. The summed E-state index contributed by atoms with van der Waals surface area (Å²) >= 11 is 1.67. The smallest absolute Gasteiger partial charge is 0.0725 e. The monoisotopic (exact) mass is 320 g/mol. The van der Waals surface area contributed by atoms with E-state index in [0.29, 0.717) is 16.5 Å². The number of pyridine rings is 1. The molecule has 0 atom stereocenters. The highest BCUT2D eigenvalue weighted by Gasteiger charge is 2.22. The molecule has 1 aliphatic carbocycles. The van der Waals surface area contributed by atoms with Crippen molar-refractivity contribution in [3.63, 3.8) is 0 Å². The number of rotatable bonds is 2. The zero-order chi connectivity index (χ0) is 15.8. The molecule has 0 spiro atoms. The highest BCUT2D eigenvalue weighted by atomic mass is 32.1. The van der Waals surface area contributed by atoms with Crippen molar-refractivity contribution in [1.82, 2.24) is 4.98 Å². The second-order valence-corrected chi connectivity index (χ2v) is 6.64. The SMILES string of the molecule is O=C([O-])c1c2c(nc3ccccc13)/C(=C\c1cccs1)CCC2. The van der Waals surface area contributed by atoms with E-state index in [1.165, 1.54) is 0 Å². The maximum Gasteiger partial charge on any atom is 0.0725 e. The molecule has 0 radical (unpaired) electrons. The minimum atomic E-state index is -1.11. The van der Waals surface area contributed by atoms with E-state index in [0.717, 1.165) is 41.0 Å². The Bertz CT molecular complexity index is 926. The molecule has 2 aromatic heterocycles. The highest BCUT2D eigenvalue weighted by Crippen LogP contribution is 2.36. The van der Waals surface area contributed by atoms with Gasteiger partial charge in [0.25, 0.3) is 0 Å². The molecule has 0 N–H and O–H groups in total. The predicted octanol–water partition coefficient (Wildman–Crippen LogP) is 3.54. The first kappa shape index (κ1) is 14.2. The number of allylic oxidation sites excluding steroid dienone is 1. The van der Waals surface area contributed by atoms with Crippen LogP contribution in [0.15, 0.2) is 41.8 Å². The van der Waals surface area contributed by atoms with Crippen LogP contribution in [-0.2, 0) is 6.42 Å². The molecule has 23 heavy (non-hydrogen) atoms. The number of carboxylic acids is 1. The van der Waals surface area contributed by atoms with Gasteiger partial charge in [-0.2, -0.15) is 0 Å². The van der Waals surface area contributed by atoms with Crippen LogP contribution in [0.25, 0.3) is 22.6 Å². The summed E-state index contributed by atoms with van der Waals surface area (Å²) in [6, 6.07) is 11.5. The average molecular weight is 320 g/mol. The molecule has 0 saturated heterocycles. The van der Waals surface area contributed by atoms with Crippen LogP contribution in [0.4, 0.5) is 0 Å². The van der Waals surface area contributed by atoms with Crippen molar-refractivity contribution in [3.8, 4) is 0 Å². The molecule has 2 heterocycles. The number of para-hydroxylation sites is 1. The number of aromatic carboxylic acids is 1. The molecule has 3 nitrogen and oxygen atoms in total. The van der Waals surface area contributed by atoms with E-state index in [4.69, 9.17) is 4.98 Å². The van der Waals surface area contributed by atoms with Crippen LogP contribution in [0.1, 0.15) is 39.3 Å². The summed E-state index contributed by atoms with van der Waals surface area (Å²) in [7, 11) is 0. The number of benzene rings is 1. The number of carbonyl (C=O) groups is 1. The van der Waals surface area contributed by atoms with Gasteiger partial charge >= 0.3 is 0 Å². The third kappa shape index (κ3) is 2.45. The molecule has 3 aromatic rings. The third-order valence-electron chi connectivity index (χ3n) is 4.23. The zero-order valence-electron chi connectivity index (χ0n) is 12.4. The fourth-order valence-corrected chi connectivity index (χ4v) is 3.93. The Balaban J connectivity index is 2.01. The van der Waals surface area contributed by atoms with Gasteiger partial charge in [-0.15, -0.1) is 11.3 Å². The summed E-state index contributed by atoms with van der Waals surface area (Å²) in [6.07, 6.45) is 4.72. The first-order valence-electron chi connectivity index (χ1n) is 7.61. The van der Waals surface area contributed by atoms with Crippen molar-refractivity contribution in [2.75, 3.05) is 0 Å². The van der Waals surface area contributed by atoms with Gasteiger partial charge in [0.1, 0.15) is 0 Å². The fraction of sp³-hybridized carbons (Fsp3) is 0.158. The minimum Gasteiger partial charge on any atom is -0.545 e. The van der Waals surface area contributed by atoms with Crippen molar-refractivity contribution in [2.24, 2.45) is 0 Å². The zero-order valence-corrected chi connectivity index (χ0v) is 13.2. The highest BCUT2D eigenvalue weighted by molar-refractivity contribution is 7.10. The van der Waals surface area contributed by atoms with Gasteiger partial charge < -0.3 is 9.90 Å². The predicted molar refractivity (Wildman–Crippen MR) is 91.2 cm³/mol. The van der Waals surface area contributed by atoms with E-state index in [9.17, 15) is 9.90 Å². The van der Waals surface area contributed by atoms with Crippen LogP contribution < -0.4 is 5.11 Å². The lowest BCUT2D eigenvalue weighted by Crippen LogP contribution is -2.26. The number of hydrogen-bond acceptors (Lipinski definition) is 4. The standard InChI is InChI=1S/C19H15NO2S/c21-19(22)17-14-7-1-2-9-16(14)20-18-12(5-3-8-15(17)18)11-13-6-4-10-23-13/h1-2,4,6-7,9-11H,3,5,8H2,(H,21,22)/p-1/b12-11-. The third-order valence-corrected chi connectivity index (χ3v) is 5.05. The van der Waals surface area contributed by atoms with E-state index >= 15 is 0 Å². The molecular weight excluding hydrogens is 306 g/mol. The van der Waals surface area contributed by atoms with E-state index in [1.54, 1.807) is 11.3 Å². The molecule has 4 heteroatoms. The van der Waals surface area contributed by atoms with Crippen LogP contribution in [0, 0.1) is 0 Å². The number of thiophene rings is 1. The first-order valence-corrected chi connectivity index (χ1v) is 8.49. The topological polar surface area (TPSA) is 53.0 Å². The number of nitrogens with zero attached hydrogens (tertiary/aromatic N) is 1. The molecule has 0 unspecified atom stereocenters. The molecule has 0 bridgehead atoms. The summed E-state index contributed by atoms with van der Waals surface area (Å²) in [5, 5.41) is 14.5. The summed E-state index contributed by atoms with van der Waals surface area (Å²) in [5.74, 6) is -1.11. The van der Waals surface area contributed by atoms with Crippen LogP contribution in [0.3, 0.4) is 0 Å². The number of fused-ring (bicyclic) bond motifs is 2. The van der Waals surface area contributed by atoms with Crippen molar-refractivity contribution >= 4 is 39.9 Å². The Morgan fingerprint density at radius 3 is 2.83 bits per heavy atom. The summed E-state index contributed by atoms with van der Waals surface area (Å²) < 4.78 is 0. The molecule has 0 aliphatic heterocycles. The molecule has 0 amide bonds. The Kier molecular flexibility index (Phi) is 3.46.